The molecule has 6 nitrogen and oxygen atoms in total. The van der Waals surface area contributed by atoms with Crippen molar-refractivity contribution in [3.05, 3.63) is 118 Å². The number of aryl methyl sites for hydroxylation is 2. The third kappa shape index (κ3) is 34.3. The van der Waals surface area contributed by atoms with Crippen molar-refractivity contribution in [2.75, 3.05) is 13.2 Å². The molecule has 0 N–H and O–H groups in total. The van der Waals surface area contributed by atoms with E-state index in [2.05, 4.69) is 70.0 Å². The fourth-order valence-electron chi connectivity index (χ4n) is 11.3. The average Bonchev–Trinajstić information content (AvgIpc) is 3.72. The molecule has 4 aromatic rings. The molecule has 0 spiro atoms. The Morgan fingerprint density at radius 2 is 0.667 bits per heavy atom. The minimum absolute atomic E-state index is 0.117. The lowest BCUT2D eigenvalue weighted by Gasteiger charge is -2.16. The summed E-state index contributed by atoms with van der Waals surface area (Å²) in [5, 5.41) is 0. The summed E-state index contributed by atoms with van der Waals surface area (Å²) in [4.78, 5) is 13.9. The second kappa shape index (κ2) is 49.2. The number of ether oxygens (including phenoxy) is 5. The van der Waals surface area contributed by atoms with Crippen LogP contribution in [0, 0.1) is 12.3 Å². The van der Waals surface area contributed by atoms with E-state index in [9.17, 15) is 4.79 Å². The van der Waals surface area contributed by atoms with E-state index < -0.39 is 5.97 Å². The van der Waals surface area contributed by atoms with Gasteiger partial charge in [0, 0.05) is 11.6 Å². The van der Waals surface area contributed by atoms with Crippen molar-refractivity contribution in [3.8, 4) is 35.3 Å². The third-order valence-corrected chi connectivity index (χ3v) is 16.8. The highest BCUT2D eigenvalue weighted by Gasteiger charge is 2.15. The van der Waals surface area contributed by atoms with Crippen LogP contribution in [0.2, 0.25) is 0 Å². The lowest BCUT2D eigenvalue weighted by Crippen LogP contribution is -2.07. The zero-order valence-electron chi connectivity index (χ0n) is 54.3. The summed E-state index contributed by atoms with van der Waals surface area (Å²) in [6, 6.07) is 26.1. The van der Waals surface area contributed by atoms with Crippen molar-refractivity contribution < 1.29 is 28.5 Å². The molecule has 0 radical (unpaired) electrons. The number of esters is 1. The Kier molecular flexibility index (Phi) is 42.0. The van der Waals surface area contributed by atoms with Crippen LogP contribution in [-0.2, 0) is 37.4 Å². The normalized spacial score (nSPS) is 11.2. The van der Waals surface area contributed by atoms with Gasteiger partial charge in [-0.25, -0.2) is 4.79 Å². The van der Waals surface area contributed by atoms with E-state index in [1.807, 2.05) is 30.3 Å². The van der Waals surface area contributed by atoms with Crippen LogP contribution in [0.1, 0.15) is 328 Å². The standard InChI is InChI=1S/C78H120O6/c1-6-11-15-19-23-27-31-35-39-43-47-71-55-53-69(59-76(71)80-57-45-41-37-33-29-25-21-17-13-8-3)65-82-74-61-73(78(79)84-64-68-51-49-67(10-5)50-52-68)62-75(63-74)83-66-70-54-56-72(48-44-40-36-32-28-24-20-16-12-7-2)77(60-70)81-58-46-42-38-34-30-26-22-18-14-9-4/h5,49-56,59-63H,6-9,11-48,57-58,64-66H2,1-4H3. The molecule has 0 aliphatic heterocycles. The SMILES string of the molecule is C#Cc1ccc(COC(=O)c2cc(OCc3ccc(CCCCCCCCCCCC)c(OCCCCCCCCCCCC)c3)cc(OCc3ccc(CCCCCCCCCCCC)c(OCCCCCCCCCCCC)c3)c2)cc1. The lowest BCUT2D eigenvalue weighted by molar-refractivity contribution is 0.0471. The minimum Gasteiger partial charge on any atom is -0.493 e. The van der Waals surface area contributed by atoms with Gasteiger partial charge in [-0.1, -0.05) is 301 Å². The zero-order valence-corrected chi connectivity index (χ0v) is 54.3. The van der Waals surface area contributed by atoms with E-state index in [4.69, 9.17) is 30.1 Å². The summed E-state index contributed by atoms with van der Waals surface area (Å²) < 4.78 is 32.3. The Hall–Kier alpha value is -4.89. The van der Waals surface area contributed by atoms with E-state index in [1.54, 1.807) is 12.1 Å². The third-order valence-electron chi connectivity index (χ3n) is 16.8. The van der Waals surface area contributed by atoms with Crippen molar-refractivity contribution in [1.82, 2.24) is 0 Å². The Labute approximate surface area is 515 Å². The molecule has 0 fully saturated rings. The van der Waals surface area contributed by atoms with Gasteiger partial charge < -0.3 is 23.7 Å². The van der Waals surface area contributed by atoms with Crippen LogP contribution < -0.4 is 18.9 Å². The average molecular weight is 1150 g/mol. The maximum absolute atomic E-state index is 13.9. The molecule has 0 bridgehead atoms. The molecule has 6 heteroatoms. The molecule has 0 aromatic heterocycles. The van der Waals surface area contributed by atoms with Gasteiger partial charge in [0.1, 0.15) is 42.8 Å². The van der Waals surface area contributed by atoms with Gasteiger partial charge in [-0.15, -0.1) is 6.42 Å². The monoisotopic (exact) mass is 1150 g/mol. The van der Waals surface area contributed by atoms with Gasteiger partial charge in [0.15, 0.2) is 0 Å². The summed E-state index contributed by atoms with van der Waals surface area (Å²) in [7, 11) is 0. The first-order valence-corrected chi connectivity index (χ1v) is 35.1. The summed E-state index contributed by atoms with van der Waals surface area (Å²) in [5.41, 5.74) is 6.60. The first-order valence-electron chi connectivity index (χ1n) is 35.1. The van der Waals surface area contributed by atoms with Crippen molar-refractivity contribution in [2.24, 2.45) is 0 Å². The van der Waals surface area contributed by atoms with Crippen LogP contribution in [0.25, 0.3) is 0 Å². The van der Waals surface area contributed by atoms with Gasteiger partial charge in [-0.05, 0) is 103 Å². The Morgan fingerprint density at radius 1 is 0.345 bits per heavy atom. The molecule has 0 heterocycles. The van der Waals surface area contributed by atoms with Crippen LogP contribution in [-0.4, -0.2) is 19.2 Å². The van der Waals surface area contributed by atoms with Crippen molar-refractivity contribution in [1.29, 1.82) is 0 Å². The number of rotatable bonds is 55. The van der Waals surface area contributed by atoms with E-state index in [-0.39, 0.29) is 6.61 Å². The first kappa shape index (κ1) is 71.6. The number of terminal acetylenes is 1. The number of hydrogen-bond donors (Lipinski definition) is 0. The van der Waals surface area contributed by atoms with E-state index in [0.717, 1.165) is 72.6 Å². The van der Waals surface area contributed by atoms with Crippen LogP contribution in [0.4, 0.5) is 0 Å². The minimum atomic E-state index is -0.454. The lowest BCUT2D eigenvalue weighted by atomic mass is 10.0. The highest BCUT2D eigenvalue weighted by Crippen LogP contribution is 2.30. The molecule has 4 rings (SSSR count). The van der Waals surface area contributed by atoms with Gasteiger partial charge in [0.05, 0.1) is 18.8 Å². The van der Waals surface area contributed by atoms with Crippen molar-refractivity contribution >= 4 is 5.97 Å². The number of unbranched alkanes of at least 4 members (excludes halogenated alkanes) is 36. The molecule has 0 saturated heterocycles. The van der Waals surface area contributed by atoms with Crippen LogP contribution >= 0.6 is 0 Å². The molecule has 468 valence electrons. The molecule has 0 atom stereocenters. The largest absolute Gasteiger partial charge is 0.493 e. The van der Waals surface area contributed by atoms with Crippen molar-refractivity contribution in [2.45, 2.75) is 317 Å². The predicted molar refractivity (Wildman–Crippen MR) is 357 cm³/mol. The second-order valence-electron chi connectivity index (χ2n) is 24.5. The quantitative estimate of drug-likeness (QED) is 0.0249. The highest BCUT2D eigenvalue weighted by atomic mass is 16.5. The molecule has 0 aliphatic rings. The Morgan fingerprint density at radius 3 is 1.01 bits per heavy atom. The number of carbonyl (C=O) groups excluding carboxylic acids is 1. The summed E-state index contributed by atoms with van der Waals surface area (Å²) in [6.07, 6.45) is 60.0. The van der Waals surface area contributed by atoms with Crippen LogP contribution in [0.3, 0.4) is 0 Å². The number of carbonyl (C=O) groups is 1. The Balaban J connectivity index is 1.46. The van der Waals surface area contributed by atoms with Gasteiger partial charge >= 0.3 is 5.97 Å². The predicted octanol–water partition coefficient (Wildman–Crippen LogP) is 23.7. The fraction of sp³-hybridized carbons (Fsp3) is 0.654. The topological polar surface area (TPSA) is 63.2 Å². The van der Waals surface area contributed by atoms with Gasteiger partial charge in [-0.2, -0.15) is 0 Å². The molecule has 4 aromatic carbocycles. The maximum Gasteiger partial charge on any atom is 0.338 e. The fourth-order valence-corrected chi connectivity index (χ4v) is 11.3. The van der Waals surface area contributed by atoms with Crippen LogP contribution in [0.15, 0.2) is 78.9 Å². The number of benzene rings is 4. The summed E-state index contributed by atoms with van der Waals surface area (Å²) in [6.45, 7) is 11.3. The second-order valence-corrected chi connectivity index (χ2v) is 24.5. The maximum atomic E-state index is 13.9. The summed E-state index contributed by atoms with van der Waals surface area (Å²) >= 11 is 0. The summed E-state index contributed by atoms with van der Waals surface area (Å²) in [5.74, 6) is 5.22. The smallest absolute Gasteiger partial charge is 0.338 e. The zero-order chi connectivity index (χ0) is 59.6. The Bertz CT molecular complexity index is 2150. The van der Waals surface area contributed by atoms with Gasteiger partial charge in [0.2, 0.25) is 0 Å². The molecule has 0 unspecified atom stereocenters. The van der Waals surface area contributed by atoms with Crippen molar-refractivity contribution in [3.63, 3.8) is 0 Å². The molecule has 0 saturated carbocycles. The molecular weight excluding hydrogens is 1030 g/mol. The van der Waals surface area contributed by atoms with Gasteiger partial charge in [0.25, 0.3) is 0 Å². The number of hydrogen-bond acceptors (Lipinski definition) is 6. The van der Waals surface area contributed by atoms with Gasteiger partial charge in [-0.3, -0.25) is 0 Å². The molecular formula is C78H120O6. The molecule has 84 heavy (non-hydrogen) atoms. The van der Waals surface area contributed by atoms with Crippen LogP contribution in [0.5, 0.6) is 23.0 Å². The van der Waals surface area contributed by atoms with E-state index in [0.29, 0.717) is 30.3 Å². The van der Waals surface area contributed by atoms with E-state index in [1.165, 1.54) is 255 Å². The highest BCUT2D eigenvalue weighted by molar-refractivity contribution is 5.90. The first-order chi connectivity index (χ1) is 41.5. The molecule has 0 aliphatic carbocycles. The van der Waals surface area contributed by atoms with E-state index >= 15 is 0 Å². The molecule has 0 amide bonds.